The summed E-state index contributed by atoms with van der Waals surface area (Å²) in [5.74, 6) is 0. The first-order chi connectivity index (χ1) is 3.46. The van der Waals surface area contributed by atoms with Crippen LogP contribution in [-0.4, -0.2) is 11.3 Å². The fourth-order valence-electron chi connectivity index (χ4n) is 0. The van der Waals surface area contributed by atoms with Gasteiger partial charge >= 0.3 is 0 Å². The summed E-state index contributed by atoms with van der Waals surface area (Å²) in [6, 6.07) is 0. The molecule has 0 spiro atoms. The van der Waals surface area contributed by atoms with Crippen LogP contribution in [0.15, 0.2) is 0 Å². The Bertz CT molecular complexity index is 27.5. The van der Waals surface area contributed by atoms with E-state index >= 15 is 0 Å². The van der Waals surface area contributed by atoms with E-state index in [9.17, 15) is 8.78 Å². The van der Waals surface area contributed by atoms with Gasteiger partial charge in [-0.15, -0.1) is 0 Å². The van der Waals surface area contributed by atoms with E-state index in [1.54, 1.807) is 0 Å². The lowest BCUT2D eigenvalue weighted by Gasteiger charge is -1.71. The number of halogens is 4. The van der Waals surface area contributed by atoms with Crippen molar-refractivity contribution in [2.24, 2.45) is 0 Å². The molecular weight excluding hydrogens is 157 g/mol. The van der Waals surface area contributed by atoms with E-state index in [-0.39, 0.29) is 0 Å². The van der Waals surface area contributed by atoms with Crippen LogP contribution in [0, 0.1) is 0 Å². The topological polar surface area (TPSA) is 0 Å². The quantitative estimate of drug-likeness (QED) is 0.483. The molecule has 0 bridgehead atoms. The van der Waals surface area contributed by atoms with Crippen molar-refractivity contribution in [1.82, 2.24) is 0 Å². The molecule has 2 unspecified atom stereocenters. The molecule has 0 aliphatic heterocycles. The third-order valence-electron chi connectivity index (χ3n) is 0. The summed E-state index contributed by atoms with van der Waals surface area (Å²) in [5, 5.41) is 0. The average molecular weight is 165 g/mol. The lowest BCUT2D eigenvalue weighted by Crippen LogP contribution is -1.66. The lowest BCUT2D eigenvalue weighted by atomic mass is 10.9. The lowest BCUT2D eigenvalue weighted by molar-refractivity contribution is 0.474. The Hall–Kier alpha value is 0.440. The molecule has 0 rings (SSSR count). The SMILES string of the molecule is CC(F)Cl.CC(F)Cl. The van der Waals surface area contributed by atoms with Crippen LogP contribution in [0.2, 0.25) is 0 Å². The molecule has 0 aliphatic carbocycles. The van der Waals surface area contributed by atoms with E-state index in [4.69, 9.17) is 0 Å². The summed E-state index contributed by atoms with van der Waals surface area (Å²) in [7, 11) is 0. The van der Waals surface area contributed by atoms with Crippen LogP contribution in [0.5, 0.6) is 0 Å². The predicted molar refractivity (Wildman–Crippen MR) is 32.8 cm³/mol. The van der Waals surface area contributed by atoms with Gasteiger partial charge in [0.15, 0.2) is 11.3 Å². The first-order valence-corrected chi connectivity index (χ1v) is 2.90. The predicted octanol–water partition coefficient (Wildman–Crippen LogP) is 3.08. The van der Waals surface area contributed by atoms with E-state index in [0.29, 0.717) is 0 Å². The normalized spacial score (nSPS) is 15.8. The van der Waals surface area contributed by atoms with Gasteiger partial charge in [-0.2, -0.15) is 0 Å². The maximum atomic E-state index is 10.8. The summed E-state index contributed by atoms with van der Waals surface area (Å²) >= 11 is 9.22. The van der Waals surface area contributed by atoms with Gasteiger partial charge in [-0.3, -0.25) is 0 Å². The Labute approximate surface area is 57.8 Å². The molecule has 2 atom stereocenters. The maximum Gasteiger partial charge on any atom is 0.170 e. The van der Waals surface area contributed by atoms with Crippen LogP contribution in [0.1, 0.15) is 13.8 Å². The molecule has 4 heteroatoms. The standard InChI is InChI=1S/2C2H4ClF/c2*1-2(3)4/h2*2H,1H3. The highest BCUT2D eigenvalue weighted by atomic mass is 35.5. The van der Waals surface area contributed by atoms with Gasteiger partial charge in [0.1, 0.15) is 0 Å². The van der Waals surface area contributed by atoms with Crippen molar-refractivity contribution in [3.8, 4) is 0 Å². The zero-order chi connectivity index (χ0) is 7.15. The zero-order valence-electron chi connectivity index (χ0n) is 4.67. The van der Waals surface area contributed by atoms with E-state index < -0.39 is 11.3 Å². The highest BCUT2D eigenvalue weighted by molar-refractivity contribution is 6.19. The summed E-state index contributed by atoms with van der Waals surface area (Å²) in [5.41, 5.74) is -2.39. The van der Waals surface area contributed by atoms with Crippen LogP contribution in [0.25, 0.3) is 0 Å². The van der Waals surface area contributed by atoms with Crippen molar-refractivity contribution in [2.75, 3.05) is 0 Å². The molecule has 0 saturated heterocycles. The summed E-state index contributed by atoms with van der Waals surface area (Å²) in [6.07, 6.45) is 0. The van der Waals surface area contributed by atoms with Crippen LogP contribution < -0.4 is 0 Å². The molecule has 8 heavy (non-hydrogen) atoms. The van der Waals surface area contributed by atoms with Gasteiger partial charge < -0.3 is 0 Å². The van der Waals surface area contributed by atoms with E-state index in [1.807, 2.05) is 0 Å². The summed E-state index contributed by atoms with van der Waals surface area (Å²) in [6.45, 7) is 2.53. The first kappa shape index (κ1) is 11.3. The fourth-order valence-corrected chi connectivity index (χ4v) is 0. The summed E-state index contributed by atoms with van der Waals surface area (Å²) < 4.78 is 21.5. The van der Waals surface area contributed by atoms with Gasteiger partial charge in [0.05, 0.1) is 0 Å². The van der Waals surface area contributed by atoms with E-state index in [2.05, 4.69) is 23.2 Å². The van der Waals surface area contributed by atoms with Gasteiger partial charge in [-0.25, -0.2) is 8.78 Å². The smallest absolute Gasteiger partial charge is 0.170 e. The zero-order valence-corrected chi connectivity index (χ0v) is 6.18. The van der Waals surface area contributed by atoms with Crippen molar-refractivity contribution in [3.05, 3.63) is 0 Å². The minimum Gasteiger partial charge on any atom is -0.230 e. The second-order valence-corrected chi connectivity index (χ2v) is 2.24. The number of alkyl halides is 4. The van der Waals surface area contributed by atoms with Crippen molar-refractivity contribution in [2.45, 2.75) is 25.1 Å². The Kier molecular flexibility index (Phi) is 10.5. The van der Waals surface area contributed by atoms with Crippen LogP contribution >= 0.6 is 23.2 Å². The van der Waals surface area contributed by atoms with Gasteiger partial charge in [0.2, 0.25) is 0 Å². The van der Waals surface area contributed by atoms with Crippen molar-refractivity contribution >= 4 is 23.2 Å². The Morgan fingerprint density at radius 3 is 1.00 bits per heavy atom. The highest BCUT2D eigenvalue weighted by Crippen LogP contribution is 1.89. The van der Waals surface area contributed by atoms with Gasteiger partial charge in [0, 0.05) is 0 Å². The van der Waals surface area contributed by atoms with Crippen LogP contribution in [-0.2, 0) is 0 Å². The maximum absolute atomic E-state index is 10.8. The second-order valence-electron chi connectivity index (χ2n) is 1.04. The van der Waals surface area contributed by atoms with Gasteiger partial charge in [0.25, 0.3) is 0 Å². The number of rotatable bonds is 0. The molecule has 0 radical (unpaired) electrons. The van der Waals surface area contributed by atoms with E-state index in [1.165, 1.54) is 13.8 Å². The molecule has 0 aromatic rings. The molecule has 0 fully saturated rings. The Morgan fingerprint density at radius 1 is 1.00 bits per heavy atom. The molecule has 0 heterocycles. The minimum atomic E-state index is -1.19. The summed E-state index contributed by atoms with van der Waals surface area (Å²) in [4.78, 5) is 0. The molecule has 0 saturated carbocycles. The van der Waals surface area contributed by atoms with Crippen LogP contribution in [0.3, 0.4) is 0 Å². The Morgan fingerprint density at radius 2 is 1.00 bits per heavy atom. The van der Waals surface area contributed by atoms with Gasteiger partial charge in [-0.1, -0.05) is 23.2 Å². The van der Waals surface area contributed by atoms with Crippen molar-refractivity contribution < 1.29 is 8.78 Å². The molecule has 0 aliphatic rings. The minimum absolute atomic E-state index is 1.19. The molecule has 52 valence electrons. The Balaban J connectivity index is 0. The molecule has 0 N–H and O–H groups in total. The average Bonchev–Trinajstić information content (AvgIpc) is 1.25. The van der Waals surface area contributed by atoms with E-state index in [0.717, 1.165) is 0 Å². The molecule has 0 aromatic heterocycles. The molecule has 0 aromatic carbocycles. The third-order valence-corrected chi connectivity index (χ3v) is 0. The molecule has 0 amide bonds. The van der Waals surface area contributed by atoms with Gasteiger partial charge in [-0.05, 0) is 13.8 Å². The first-order valence-electron chi connectivity index (χ1n) is 2.03. The van der Waals surface area contributed by atoms with Crippen molar-refractivity contribution in [1.29, 1.82) is 0 Å². The van der Waals surface area contributed by atoms with Crippen molar-refractivity contribution in [3.63, 3.8) is 0 Å². The monoisotopic (exact) mass is 164 g/mol. The second kappa shape index (κ2) is 7.44. The fraction of sp³-hybridized carbons (Fsp3) is 1.00. The number of hydrogen-bond acceptors (Lipinski definition) is 0. The molecule has 0 nitrogen and oxygen atoms in total. The third kappa shape index (κ3) is 984. The largest absolute Gasteiger partial charge is 0.230 e. The molecular formula is C4H8Cl2F2. The number of hydrogen-bond donors (Lipinski definition) is 0. The van der Waals surface area contributed by atoms with Crippen LogP contribution in [0.4, 0.5) is 8.78 Å². The highest BCUT2D eigenvalue weighted by Gasteiger charge is 1.77.